The first-order valence-corrected chi connectivity index (χ1v) is 17.1. The quantitative estimate of drug-likeness (QED) is 0.180. The Balaban J connectivity index is 2.09. The van der Waals surface area contributed by atoms with Crippen LogP contribution in [0.2, 0.25) is 0 Å². The highest BCUT2D eigenvalue weighted by atomic mass is 28.3. The lowest BCUT2D eigenvalue weighted by Crippen LogP contribution is -2.66. The molecule has 0 aliphatic carbocycles. The Hall–Kier alpha value is -3.50. The minimum atomic E-state index is -2.74. The lowest BCUT2D eigenvalue weighted by molar-refractivity contribution is 0.376. The van der Waals surface area contributed by atoms with Crippen LogP contribution < -0.4 is 0 Å². The minimum Gasteiger partial charge on any atom is -0.305 e. The summed E-state index contributed by atoms with van der Waals surface area (Å²) < 4.78 is 5.68. The van der Waals surface area contributed by atoms with E-state index in [0.717, 1.165) is 26.2 Å². The van der Waals surface area contributed by atoms with Crippen molar-refractivity contribution in [2.75, 3.05) is 26.2 Å². The van der Waals surface area contributed by atoms with Crippen LogP contribution in [0.4, 0.5) is 0 Å². The van der Waals surface area contributed by atoms with E-state index in [1.54, 1.807) is 0 Å². The maximum atomic E-state index is 2.84. The topological polar surface area (TPSA) is 6.48 Å². The zero-order valence-corrected chi connectivity index (χ0v) is 26.6. The molecule has 2 nitrogen and oxygen atoms in total. The van der Waals surface area contributed by atoms with Gasteiger partial charge in [-0.2, -0.15) is 0 Å². The van der Waals surface area contributed by atoms with E-state index in [4.69, 9.17) is 0 Å². The van der Waals surface area contributed by atoms with Crippen LogP contribution in [-0.2, 0) is 0 Å². The molecule has 0 atom stereocenters. The van der Waals surface area contributed by atoms with Crippen molar-refractivity contribution in [2.24, 2.45) is 0 Å². The fourth-order valence-electron chi connectivity index (χ4n) is 7.00. The lowest BCUT2D eigenvalue weighted by Gasteiger charge is -2.49. The number of benzene rings is 4. The zero-order valence-electron chi connectivity index (χ0n) is 25.6. The van der Waals surface area contributed by atoms with Gasteiger partial charge < -0.3 is 9.13 Å². The van der Waals surface area contributed by atoms with Gasteiger partial charge in [-0.1, -0.05) is 148 Å². The standard InChI is InChI=1S/C38H44N2Si/c1-7-39(8-2)41(40(9-3)10-4)37(33-25-17-19-29(5)27-33)35(31-21-13-11-14-22-31)36(32-23-15-12-16-24-32)38(41)34-26-18-20-30(6)28-34/h11-28H,7-10H2,1-6H3. The van der Waals surface area contributed by atoms with Gasteiger partial charge in [-0.3, -0.25) is 0 Å². The summed E-state index contributed by atoms with van der Waals surface area (Å²) in [6.45, 7) is 17.8. The number of rotatable bonds is 10. The highest BCUT2D eigenvalue weighted by molar-refractivity contribution is 7.11. The van der Waals surface area contributed by atoms with Crippen molar-refractivity contribution in [2.45, 2.75) is 41.5 Å². The maximum absolute atomic E-state index is 2.84. The molecule has 210 valence electrons. The first-order valence-electron chi connectivity index (χ1n) is 15.3. The van der Waals surface area contributed by atoms with Crippen LogP contribution >= 0.6 is 0 Å². The van der Waals surface area contributed by atoms with E-state index >= 15 is 0 Å². The second-order valence-electron chi connectivity index (χ2n) is 11.0. The van der Waals surface area contributed by atoms with Gasteiger partial charge >= 0.3 is 0 Å². The SMILES string of the molecule is CCN(CC)[Si]1(N(CC)CC)C(c2cccc(C)c2)=C(c2ccccc2)C(c2ccccc2)=C1c1cccc(C)c1. The Morgan fingerprint density at radius 1 is 0.439 bits per heavy atom. The number of allylic oxidation sites excluding steroid dienone is 2. The Labute approximate surface area is 248 Å². The van der Waals surface area contributed by atoms with E-state index in [1.165, 1.54) is 54.9 Å². The Morgan fingerprint density at radius 3 is 1.10 bits per heavy atom. The van der Waals surface area contributed by atoms with Gasteiger partial charge in [0.1, 0.15) is 0 Å². The van der Waals surface area contributed by atoms with Crippen molar-refractivity contribution in [3.05, 3.63) is 143 Å². The van der Waals surface area contributed by atoms with E-state index < -0.39 is 8.40 Å². The van der Waals surface area contributed by atoms with Crippen molar-refractivity contribution < 1.29 is 0 Å². The summed E-state index contributed by atoms with van der Waals surface area (Å²) in [6.07, 6.45) is 0. The van der Waals surface area contributed by atoms with E-state index in [9.17, 15) is 0 Å². The molecular formula is C38H44N2Si. The van der Waals surface area contributed by atoms with Gasteiger partial charge in [-0.05, 0) is 83.8 Å². The van der Waals surface area contributed by atoms with Crippen LogP contribution in [0.1, 0.15) is 61.1 Å². The van der Waals surface area contributed by atoms with Gasteiger partial charge in [0.2, 0.25) is 0 Å². The van der Waals surface area contributed by atoms with Gasteiger partial charge in [-0.25, -0.2) is 0 Å². The number of aryl methyl sites for hydroxylation is 2. The summed E-state index contributed by atoms with van der Waals surface area (Å²) in [5.41, 5.74) is 10.7. The number of hydrogen-bond acceptors (Lipinski definition) is 2. The number of nitrogens with zero attached hydrogens (tertiary/aromatic N) is 2. The van der Waals surface area contributed by atoms with Crippen molar-refractivity contribution in [1.82, 2.24) is 9.13 Å². The fourth-order valence-corrected chi connectivity index (χ4v) is 13.1. The summed E-state index contributed by atoms with van der Waals surface area (Å²) in [5.74, 6) is 0. The summed E-state index contributed by atoms with van der Waals surface area (Å²) in [5, 5.41) is 3.05. The first-order chi connectivity index (χ1) is 20.0. The summed E-state index contributed by atoms with van der Waals surface area (Å²) in [4.78, 5) is 0. The van der Waals surface area contributed by atoms with Crippen LogP contribution in [0, 0.1) is 13.8 Å². The fraction of sp³-hybridized carbons (Fsp3) is 0.263. The van der Waals surface area contributed by atoms with E-state index in [1.807, 2.05) is 0 Å². The monoisotopic (exact) mass is 556 g/mol. The van der Waals surface area contributed by atoms with Gasteiger partial charge in [0.05, 0.1) is 0 Å². The molecule has 0 N–H and O–H groups in total. The molecule has 0 saturated heterocycles. The van der Waals surface area contributed by atoms with Crippen LogP contribution in [0.3, 0.4) is 0 Å². The van der Waals surface area contributed by atoms with Crippen molar-refractivity contribution >= 4 is 29.9 Å². The van der Waals surface area contributed by atoms with Crippen LogP contribution in [-0.4, -0.2) is 43.7 Å². The molecule has 0 fully saturated rings. The molecule has 4 aromatic rings. The van der Waals surface area contributed by atoms with Gasteiger partial charge in [0.25, 0.3) is 8.40 Å². The number of hydrogen-bond donors (Lipinski definition) is 0. The normalized spacial score (nSPS) is 14.9. The molecule has 5 rings (SSSR count). The average molecular weight is 557 g/mol. The Morgan fingerprint density at radius 2 is 0.780 bits per heavy atom. The third kappa shape index (κ3) is 5.08. The van der Waals surface area contributed by atoms with E-state index in [2.05, 4.69) is 160 Å². The molecule has 3 heteroatoms. The first kappa shape index (κ1) is 29.0. The maximum Gasteiger partial charge on any atom is 0.275 e. The molecular weight excluding hydrogens is 513 g/mol. The molecule has 1 aliphatic heterocycles. The molecule has 41 heavy (non-hydrogen) atoms. The van der Waals surface area contributed by atoms with Gasteiger partial charge in [-0.15, -0.1) is 0 Å². The Kier molecular flexibility index (Phi) is 8.89. The summed E-state index contributed by atoms with van der Waals surface area (Å²) in [6, 6.07) is 40.9. The third-order valence-corrected chi connectivity index (χ3v) is 14.2. The third-order valence-electron chi connectivity index (χ3n) is 8.63. The molecule has 4 aromatic carbocycles. The minimum absolute atomic E-state index is 0.994. The molecule has 1 aliphatic rings. The predicted molar refractivity (Wildman–Crippen MR) is 180 cm³/mol. The zero-order chi connectivity index (χ0) is 29.0. The van der Waals surface area contributed by atoms with Gasteiger partial charge in [0, 0.05) is 0 Å². The molecule has 0 unspecified atom stereocenters. The smallest absolute Gasteiger partial charge is 0.275 e. The lowest BCUT2D eigenvalue weighted by atomic mass is 9.89. The van der Waals surface area contributed by atoms with Crippen molar-refractivity contribution in [3.8, 4) is 0 Å². The second-order valence-corrected chi connectivity index (χ2v) is 14.6. The van der Waals surface area contributed by atoms with E-state index in [-0.39, 0.29) is 0 Å². The van der Waals surface area contributed by atoms with Crippen molar-refractivity contribution in [3.63, 3.8) is 0 Å². The highest BCUT2D eigenvalue weighted by Gasteiger charge is 2.57. The predicted octanol–water partition coefficient (Wildman–Crippen LogP) is 9.04. The van der Waals surface area contributed by atoms with Crippen molar-refractivity contribution in [1.29, 1.82) is 0 Å². The second kappa shape index (κ2) is 12.6. The summed E-state index contributed by atoms with van der Waals surface area (Å²) >= 11 is 0. The molecule has 1 heterocycles. The largest absolute Gasteiger partial charge is 0.305 e. The Bertz CT molecular complexity index is 1420. The van der Waals surface area contributed by atoms with E-state index in [0.29, 0.717) is 0 Å². The van der Waals surface area contributed by atoms with Crippen LogP contribution in [0.25, 0.3) is 21.5 Å². The molecule has 0 saturated carbocycles. The average Bonchev–Trinajstić information content (AvgIpc) is 3.31. The molecule has 0 spiro atoms. The molecule has 0 bridgehead atoms. The molecule has 0 radical (unpaired) electrons. The van der Waals surface area contributed by atoms with Gasteiger partial charge in [0.15, 0.2) is 0 Å². The molecule has 0 amide bonds. The highest BCUT2D eigenvalue weighted by Crippen LogP contribution is 2.57. The van der Waals surface area contributed by atoms with Crippen LogP contribution in [0.5, 0.6) is 0 Å². The molecule has 0 aromatic heterocycles. The summed E-state index contributed by atoms with van der Waals surface area (Å²) in [7, 11) is -2.74. The van der Waals surface area contributed by atoms with Crippen LogP contribution in [0.15, 0.2) is 109 Å².